The predicted octanol–water partition coefficient (Wildman–Crippen LogP) is 9.03. The maximum atomic E-state index is 5.00. The fourth-order valence-corrected chi connectivity index (χ4v) is 12.1. The summed E-state index contributed by atoms with van der Waals surface area (Å²) in [6.07, 6.45) is 14.8. The quantitative estimate of drug-likeness (QED) is 0.237. The fourth-order valence-electron chi connectivity index (χ4n) is 12.1. The molecule has 6 heterocycles. The Morgan fingerprint density at radius 2 is 0.771 bits per heavy atom. The summed E-state index contributed by atoms with van der Waals surface area (Å²) < 4.78 is 0. The molecule has 6 aliphatic heterocycles. The molecule has 0 aromatic rings. The van der Waals surface area contributed by atoms with Gasteiger partial charge in [-0.05, 0) is 181 Å². The zero-order valence-electron chi connectivity index (χ0n) is 49.0. The van der Waals surface area contributed by atoms with E-state index in [9.17, 15) is 0 Å². The summed E-state index contributed by atoms with van der Waals surface area (Å²) in [5.41, 5.74) is 0.728. The van der Waals surface area contributed by atoms with Gasteiger partial charge in [-0.2, -0.15) is 0 Å². The number of hydrogen-bond acceptors (Lipinski definition) is 9. The van der Waals surface area contributed by atoms with Gasteiger partial charge >= 0.3 is 0 Å². The molecule has 6 fully saturated rings. The van der Waals surface area contributed by atoms with Gasteiger partial charge in [-0.1, -0.05) is 66.2 Å². The fraction of sp³-hybridized carbons (Fsp3) is 1.00. The molecule has 0 aromatic heterocycles. The first-order chi connectivity index (χ1) is 31.6. The van der Waals surface area contributed by atoms with Gasteiger partial charge in [-0.25, -0.2) is 0 Å². The van der Waals surface area contributed by atoms with E-state index in [1.807, 2.05) is 0 Å². The Bertz CT molecular complexity index is 1320. The largest absolute Gasteiger partial charge is 0.662 e. The van der Waals surface area contributed by atoms with Crippen molar-refractivity contribution < 1.29 is 98.1 Å². The number of rotatable bonds is 0. The molecule has 405 valence electrons. The summed E-state index contributed by atoms with van der Waals surface area (Å²) in [5.74, 6) is 0. The summed E-state index contributed by atoms with van der Waals surface area (Å²) in [7, 11) is 6.87. The van der Waals surface area contributed by atoms with E-state index in [1.165, 1.54) is 149 Å². The van der Waals surface area contributed by atoms with Gasteiger partial charge in [0.2, 0.25) is 0 Å². The first kappa shape index (κ1) is 70.8. The second-order valence-electron chi connectivity index (χ2n) is 25.1. The van der Waals surface area contributed by atoms with E-state index in [0.717, 1.165) is 58.9 Å². The molecule has 6 rings (SSSR count). The molecule has 3 radical (unpaired) electrons. The SMILES string of the molecule is CC1CC(C)(C)N2CCC[N-]C(C)(C)CC(C)N(CCCN1C)C2.CC1CC(C)(C)[N-]CCCN2CN1CCCN(C)C(C)(C)CC2C.CN1CCCN2CCC[N-]CCCN(CCC1)CC2.[Y].[Y].[Y]. The second kappa shape index (κ2) is 35.4. The first-order valence-corrected chi connectivity index (χ1v) is 28.1. The van der Waals surface area contributed by atoms with Crippen LogP contribution in [0, 0.1) is 0 Å². The van der Waals surface area contributed by atoms with E-state index in [1.54, 1.807) is 0 Å². The van der Waals surface area contributed by atoms with Gasteiger partial charge in [-0.15, -0.1) is 37.3 Å². The summed E-state index contributed by atoms with van der Waals surface area (Å²) in [5, 5.41) is 14.6. The van der Waals surface area contributed by atoms with Gasteiger partial charge in [0.05, 0.1) is 13.3 Å². The Morgan fingerprint density at radius 3 is 1.30 bits per heavy atom. The predicted molar refractivity (Wildman–Crippen MR) is 291 cm³/mol. The summed E-state index contributed by atoms with van der Waals surface area (Å²) in [6, 6.07) is 2.43. The van der Waals surface area contributed by atoms with E-state index in [2.05, 4.69) is 154 Å². The Balaban J connectivity index is 0.000000518. The van der Waals surface area contributed by atoms with Crippen LogP contribution in [0.4, 0.5) is 0 Å². The molecule has 6 aliphatic rings. The van der Waals surface area contributed by atoms with E-state index in [4.69, 9.17) is 10.6 Å². The molecule has 0 N–H and O–H groups in total. The van der Waals surface area contributed by atoms with Crippen molar-refractivity contribution in [2.24, 2.45) is 0 Å². The smallest absolute Gasteiger partial charge is 0.0513 e. The third kappa shape index (κ3) is 26.7. The van der Waals surface area contributed by atoms with Crippen LogP contribution in [0.2, 0.25) is 0 Å². The molecular weight excluding hydrogens is 1100 g/mol. The van der Waals surface area contributed by atoms with Crippen molar-refractivity contribution in [1.29, 1.82) is 0 Å². The molecule has 10 atom stereocenters. The topological polar surface area (TPSA) is 71.5 Å². The average molecular weight is 1210 g/mol. The van der Waals surface area contributed by atoms with E-state index in [-0.39, 0.29) is 120 Å². The summed E-state index contributed by atoms with van der Waals surface area (Å²) >= 11 is 0. The van der Waals surface area contributed by atoms with Gasteiger partial charge in [0.15, 0.2) is 0 Å². The Labute approximate surface area is 511 Å². The van der Waals surface area contributed by atoms with Crippen molar-refractivity contribution in [2.45, 2.75) is 206 Å². The van der Waals surface area contributed by atoms with Crippen molar-refractivity contribution in [3.8, 4) is 0 Å². The van der Waals surface area contributed by atoms with E-state index < -0.39 is 0 Å². The van der Waals surface area contributed by atoms with Gasteiger partial charge < -0.3 is 40.4 Å². The van der Waals surface area contributed by atoms with Gasteiger partial charge in [-0.3, -0.25) is 19.6 Å². The van der Waals surface area contributed by atoms with E-state index in [0.29, 0.717) is 24.2 Å². The standard InChI is InChI=1S/2C20H41N4.C15H31N4.3Y/c1-17-15-20(5,6)24-13-8-10-21-19(3,4)14-18(2)23(16-24)12-9-11-22(17)7;1-17-14-19(3,4)21-10-8-12-23-16-24(17)13-9-11-22(7)20(5,6)15-18(23)2;1-17-8-4-12-18-10-2-6-16-7-3-11-19(15-14-18)13-5-9-17;;;/h2*17-18H,8-16H2,1-7H3;2-15H2,1H3;;;/q3*-1;;;. The number of fused-ring (bicyclic) bond motifs is 7. The first-order valence-electron chi connectivity index (χ1n) is 28.1. The molecule has 0 spiro atoms. The molecule has 15 heteroatoms. The molecule has 0 aliphatic carbocycles. The number of nitrogens with zero attached hydrogens (tertiary/aromatic N) is 12. The third-order valence-electron chi connectivity index (χ3n) is 16.9. The molecule has 6 bridgehead atoms. The molecule has 0 amide bonds. The maximum Gasteiger partial charge on any atom is 0.0513 e. The molecule has 12 nitrogen and oxygen atoms in total. The molecule has 6 saturated heterocycles. The van der Waals surface area contributed by atoms with Crippen LogP contribution in [0.5, 0.6) is 0 Å². The van der Waals surface area contributed by atoms with Crippen LogP contribution in [0.3, 0.4) is 0 Å². The van der Waals surface area contributed by atoms with Crippen LogP contribution in [-0.2, 0) is 98.1 Å². The molecule has 0 aromatic carbocycles. The minimum absolute atomic E-state index is 0. The average Bonchev–Trinajstić information content (AvgIpc) is 3.31. The Kier molecular flexibility index (Phi) is 35.9. The van der Waals surface area contributed by atoms with Gasteiger partial charge in [0.1, 0.15) is 0 Å². The molecule has 10 unspecified atom stereocenters. The number of hydrogen-bond donors (Lipinski definition) is 0. The van der Waals surface area contributed by atoms with Crippen LogP contribution < -0.4 is 0 Å². The van der Waals surface area contributed by atoms with Crippen LogP contribution in [-0.4, -0.2) is 243 Å². The van der Waals surface area contributed by atoms with Crippen LogP contribution >= 0.6 is 0 Å². The van der Waals surface area contributed by atoms with Crippen LogP contribution in [0.25, 0.3) is 16.0 Å². The van der Waals surface area contributed by atoms with Gasteiger partial charge in [0, 0.05) is 160 Å². The van der Waals surface area contributed by atoms with Crippen molar-refractivity contribution in [1.82, 2.24) is 44.1 Å². The summed E-state index contributed by atoms with van der Waals surface area (Å²) in [6.45, 7) is 52.0. The normalized spacial score (nSPS) is 35.9. The Morgan fingerprint density at radius 1 is 0.371 bits per heavy atom. The minimum Gasteiger partial charge on any atom is -0.662 e. The van der Waals surface area contributed by atoms with Crippen molar-refractivity contribution in [3.05, 3.63) is 16.0 Å². The van der Waals surface area contributed by atoms with Gasteiger partial charge in [0.25, 0.3) is 0 Å². The van der Waals surface area contributed by atoms with Crippen molar-refractivity contribution in [3.63, 3.8) is 0 Å². The second-order valence-corrected chi connectivity index (χ2v) is 25.1. The minimum atomic E-state index is 0. The zero-order valence-corrected chi connectivity index (χ0v) is 57.6. The maximum absolute atomic E-state index is 5.00. The molecule has 70 heavy (non-hydrogen) atoms. The molecule has 0 saturated carbocycles. The van der Waals surface area contributed by atoms with E-state index >= 15 is 0 Å². The van der Waals surface area contributed by atoms with Crippen molar-refractivity contribution in [2.75, 3.05) is 152 Å². The molecular formula is C55H113N12Y3-3. The van der Waals surface area contributed by atoms with Crippen molar-refractivity contribution >= 4 is 0 Å². The zero-order chi connectivity index (χ0) is 49.3. The third-order valence-corrected chi connectivity index (χ3v) is 16.9. The monoisotopic (exact) mass is 1210 g/mol. The van der Waals surface area contributed by atoms with Crippen LogP contribution in [0.15, 0.2) is 0 Å². The summed E-state index contributed by atoms with van der Waals surface area (Å²) in [4.78, 5) is 23.8. The van der Waals surface area contributed by atoms with Crippen LogP contribution in [0.1, 0.15) is 160 Å². The Hall–Kier alpha value is 2.83.